The topological polar surface area (TPSA) is 95.6 Å². The largest absolute Gasteiger partial charge is 0.417 e. The van der Waals surface area contributed by atoms with Gasteiger partial charge in [0, 0.05) is 6.04 Å². The number of rotatable bonds is 8. The van der Waals surface area contributed by atoms with Gasteiger partial charge in [0.1, 0.15) is 6.54 Å². The highest BCUT2D eigenvalue weighted by Gasteiger charge is 2.35. The molecule has 218 valence electrons. The van der Waals surface area contributed by atoms with E-state index in [-0.39, 0.29) is 28.1 Å². The lowest BCUT2D eigenvalue weighted by Gasteiger charge is -2.26. The molecule has 0 spiro atoms. The second kappa shape index (κ2) is 12.5. The van der Waals surface area contributed by atoms with Gasteiger partial charge in [0.05, 0.1) is 32.4 Å². The van der Waals surface area contributed by atoms with Crippen LogP contribution in [0.4, 0.5) is 24.5 Å². The summed E-state index contributed by atoms with van der Waals surface area (Å²) in [4.78, 5) is 26.0. The average molecular weight is 608 g/mol. The number of benzene rings is 3. The molecule has 12 heteroatoms. The Balaban J connectivity index is 1.65. The number of hydrogen-bond acceptors (Lipinski definition) is 4. The SMILES string of the molecule is Cc1ccc(S(=O)(=O)N(CC(=O)Nc2ccccc2C(=O)NC2CCCCC2)c2ccc(Cl)c(C(F)(F)F)c2)cc1. The Hall–Kier alpha value is -3.57. The number of carbonyl (C=O) groups excluding carboxylic acids is 2. The zero-order chi connectivity index (χ0) is 29.8. The highest BCUT2D eigenvalue weighted by molar-refractivity contribution is 7.92. The lowest BCUT2D eigenvalue weighted by Crippen LogP contribution is -2.39. The van der Waals surface area contributed by atoms with Crippen molar-refractivity contribution in [3.05, 3.63) is 88.4 Å². The molecule has 2 amide bonds. The van der Waals surface area contributed by atoms with Gasteiger partial charge in [-0.1, -0.05) is 60.7 Å². The fraction of sp³-hybridized carbons (Fsp3) is 0.310. The Kier molecular flexibility index (Phi) is 9.28. The minimum atomic E-state index is -4.86. The molecule has 41 heavy (non-hydrogen) atoms. The Morgan fingerprint density at radius 1 is 0.976 bits per heavy atom. The molecule has 0 radical (unpaired) electrons. The molecule has 3 aromatic rings. The van der Waals surface area contributed by atoms with Crippen LogP contribution in [0.5, 0.6) is 0 Å². The molecule has 7 nitrogen and oxygen atoms in total. The van der Waals surface area contributed by atoms with Crippen LogP contribution in [-0.2, 0) is 21.0 Å². The normalized spacial score (nSPS) is 14.4. The summed E-state index contributed by atoms with van der Waals surface area (Å²) in [5.41, 5.74) is -0.551. The van der Waals surface area contributed by atoms with Gasteiger partial charge in [-0.2, -0.15) is 13.2 Å². The first-order valence-electron chi connectivity index (χ1n) is 13.0. The highest BCUT2D eigenvalue weighted by atomic mass is 35.5. The molecule has 0 heterocycles. The van der Waals surface area contributed by atoms with Gasteiger partial charge < -0.3 is 10.6 Å². The molecule has 0 aliphatic heterocycles. The number of sulfonamides is 1. The number of alkyl halides is 3. The summed E-state index contributed by atoms with van der Waals surface area (Å²) in [6.07, 6.45) is -0.0245. The Morgan fingerprint density at radius 2 is 1.63 bits per heavy atom. The number of nitrogens with zero attached hydrogens (tertiary/aromatic N) is 1. The molecule has 0 unspecified atom stereocenters. The maximum atomic E-state index is 13.6. The summed E-state index contributed by atoms with van der Waals surface area (Å²) >= 11 is 5.76. The fourth-order valence-corrected chi connectivity index (χ4v) is 6.30. The molecular weight excluding hydrogens is 579 g/mol. The van der Waals surface area contributed by atoms with Crippen molar-refractivity contribution in [2.24, 2.45) is 0 Å². The van der Waals surface area contributed by atoms with Gasteiger partial charge in [0.15, 0.2) is 0 Å². The van der Waals surface area contributed by atoms with Crippen LogP contribution in [0.3, 0.4) is 0 Å². The van der Waals surface area contributed by atoms with E-state index in [2.05, 4.69) is 10.6 Å². The molecule has 0 atom stereocenters. The monoisotopic (exact) mass is 607 g/mol. The number of nitrogens with one attached hydrogen (secondary N) is 2. The summed E-state index contributed by atoms with van der Waals surface area (Å²) in [5.74, 6) is -1.24. The van der Waals surface area contributed by atoms with Crippen molar-refractivity contribution < 1.29 is 31.2 Å². The van der Waals surface area contributed by atoms with E-state index in [1.807, 2.05) is 0 Å². The van der Waals surface area contributed by atoms with Crippen LogP contribution in [0.15, 0.2) is 71.6 Å². The Labute approximate surface area is 241 Å². The Bertz CT molecular complexity index is 1520. The van der Waals surface area contributed by atoms with Gasteiger partial charge in [0.2, 0.25) is 5.91 Å². The molecule has 1 fully saturated rings. The zero-order valence-electron chi connectivity index (χ0n) is 22.2. The fourth-order valence-electron chi connectivity index (χ4n) is 4.66. The van der Waals surface area contributed by atoms with E-state index in [1.54, 1.807) is 19.1 Å². The van der Waals surface area contributed by atoms with Crippen molar-refractivity contribution in [2.75, 3.05) is 16.2 Å². The van der Waals surface area contributed by atoms with E-state index in [9.17, 15) is 31.2 Å². The molecule has 0 aromatic heterocycles. The maximum absolute atomic E-state index is 13.6. The van der Waals surface area contributed by atoms with E-state index < -0.39 is 44.9 Å². The summed E-state index contributed by atoms with van der Waals surface area (Å²) in [6, 6.07) is 14.6. The summed E-state index contributed by atoms with van der Waals surface area (Å²) < 4.78 is 68.7. The maximum Gasteiger partial charge on any atom is 0.417 e. The number of halogens is 4. The average Bonchev–Trinajstić information content (AvgIpc) is 2.92. The van der Waals surface area contributed by atoms with Crippen molar-refractivity contribution in [3.63, 3.8) is 0 Å². The van der Waals surface area contributed by atoms with Crippen LogP contribution in [0, 0.1) is 6.92 Å². The minimum Gasteiger partial charge on any atom is -0.349 e. The van der Waals surface area contributed by atoms with Crippen LogP contribution >= 0.6 is 11.6 Å². The smallest absolute Gasteiger partial charge is 0.349 e. The van der Waals surface area contributed by atoms with Gasteiger partial charge in [-0.15, -0.1) is 0 Å². The predicted octanol–water partition coefficient (Wildman–Crippen LogP) is 6.56. The molecule has 0 saturated heterocycles. The van der Waals surface area contributed by atoms with Crippen LogP contribution in [-0.4, -0.2) is 32.8 Å². The molecule has 1 aliphatic carbocycles. The molecule has 3 aromatic carbocycles. The standard InChI is InChI=1S/C29H29ClF3N3O4S/c1-19-11-14-22(15-12-19)41(39,40)36(21-13-16-25(30)24(17-21)29(31,32)33)18-27(37)35-26-10-6-5-9-23(26)28(38)34-20-7-3-2-4-8-20/h5-6,9-17,20H,2-4,7-8,18H2,1H3,(H,34,38)(H,35,37). The third kappa shape index (κ3) is 7.39. The summed E-state index contributed by atoms with van der Waals surface area (Å²) in [6.45, 7) is 0.881. The second-order valence-corrected chi connectivity index (χ2v) is 12.2. The first-order chi connectivity index (χ1) is 19.4. The first kappa shape index (κ1) is 30.4. The lowest BCUT2D eigenvalue weighted by atomic mass is 9.95. The molecule has 1 saturated carbocycles. The zero-order valence-corrected chi connectivity index (χ0v) is 23.7. The number of para-hydroxylation sites is 1. The van der Waals surface area contributed by atoms with Crippen molar-refractivity contribution in [1.29, 1.82) is 0 Å². The van der Waals surface area contributed by atoms with Gasteiger partial charge in [-0.25, -0.2) is 8.42 Å². The van der Waals surface area contributed by atoms with E-state index in [1.165, 1.54) is 36.4 Å². The molecule has 1 aliphatic rings. The minimum absolute atomic E-state index is 0.0166. The van der Waals surface area contributed by atoms with E-state index >= 15 is 0 Å². The van der Waals surface area contributed by atoms with Gasteiger partial charge in [0.25, 0.3) is 15.9 Å². The molecule has 4 rings (SSSR count). The van der Waals surface area contributed by atoms with Crippen LogP contribution in [0.1, 0.15) is 53.6 Å². The van der Waals surface area contributed by atoms with Gasteiger partial charge in [-0.3, -0.25) is 13.9 Å². The Morgan fingerprint density at radius 3 is 2.29 bits per heavy atom. The van der Waals surface area contributed by atoms with E-state index in [0.717, 1.165) is 49.8 Å². The third-order valence-corrected chi connectivity index (χ3v) is 8.94. The highest BCUT2D eigenvalue weighted by Crippen LogP contribution is 2.38. The number of carbonyl (C=O) groups is 2. The van der Waals surface area contributed by atoms with Crippen LogP contribution in [0.25, 0.3) is 0 Å². The van der Waals surface area contributed by atoms with Crippen LogP contribution < -0.4 is 14.9 Å². The van der Waals surface area contributed by atoms with Crippen LogP contribution in [0.2, 0.25) is 5.02 Å². The van der Waals surface area contributed by atoms with Gasteiger partial charge >= 0.3 is 6.18 Å². The summed E-state index contributed by atoms with van der Waals surface area (Å²) in [5, 5.41) is 4.92. The molecule has 2 N–H and O–H groups in total. The lowest BCUT2D eigenvalue weighted by molar-refractivity contribution is -0.137. The quantitative estimate of drug-likeness (QED) is 0.303. The number of anilines is 2. The second-order valence-electron chi connectivity index (χ2n) is 9.89. The van der Waals surface area contributed by atoms with Crippen molar-refractivity contribution in [3.8, 4) is 0 Å². The molecule has 0 bridgehead atoms. The predicted molar refractivity (Wildman–Crippen MR) is 152 cm³/mol. The third-order valence-electron chi connectivity index (χ3n) is 6.83. The van der Waals surface area contributed by atoms with Gasteiger partial charge in [-0.05, 0) is 62.2 Å². The number of hydrogen-bond donors (Lipinski definition) is 2. The van der Waals surface area contributed by atoms with E-state index in [4.69, 9.17) is 11.6 Å². The number of amides is 2. The van der Waals surface area contributed by atoms with E-state index in [0.29, 0.717) is 10.4 Å². The first-order valence-corrected chi connectivity index (χ1v) is 14.8. The molecular formula is C29H29ClF3N3O4S. The number of aryl methyl sites for hydroxylation is 1. The summed E-state index contributed by atoms with van der Waals surface area (Å²) in [7, 11) is -4.50. The van der Waals surface area contributed by atoms with Crippen molar-refractivity contribution in [2.45, 2.75) is 56.1 Å². The van der Waals surface area contributed by atoms with Crippen molar-refractivity contribution >= 4 is 44.8 Å². The van der Waals surface area contributed by atoms with Crippen molar-refractivity contribution in [1.82, 2.24) is 5.32 Å².